The van der Waals surface area contributed by atoms with Crippen molar-refractivity contribution in [1.82, 2.24) is 0 Å². The Hall–Kier alpha value is -2.08. The van der Waals surface area contributed by atoms with Gasteiger partial charge in [0.15, 0.2) is 0 Å². The predicted octanol–water partition coefficient (Wildman–Crippen LogP) is 2.96. The van der Waals surface area contributed by atoms with Crippen molar-refractivity contribution in [3.63, 3.8) is 0 Å². The highest BCUT2D eigenvalue weighted by Crippen LogP contribution is 2.46. The molecule has 2 atom stereocenters. The summed E-state index contributed by atoms with van der Waals surface area (Å²) in [5.74, 6) is -0.865. The van der Waals surface area contributed by atoms with E-state index in [0.717, 1.165) is 11.3 Å². The lowest BCUT2D eigenvalue weighted by molar-refractivity contribution is -0.187. The van der Waals surface area contributed by atoms with Gasteiger partial charge in [-0.1, -0.05) is 29.8 Å². The molecule has 6 heteroatoms. The number of nitrogens with zero attached hydrogens (tertiary/aromatic N) is 1. The first kappa shape index (κ1) is 15.4. The summed E-state index contributed by atoms with van der Waals surface area (Å²) in [5, 5.41) is 0.651. The zero-order valence-corrected chi connectivity index (χ0v) is 13.8. The molecular weight excluding hydrogens is 330 g/mol. The molecule has 1 saturated heterocycles. The van der Waals surface area contributed by atoms with E-state index in [0.29, 0.717) is 24.0 Å². The molecule has 4 rings (SSSR count). The fourth-order valence-electron chi connectivity index (χ4n) is 3.06. The van der Waals surface area contributed by atoms with Crippen LogP contribution < -0.4 is 9.64 Å². The van der Waals surface area contributed by atoms with Crippen molar-refractivity contribution in [1.29, 1.82) is 0 Å². The number of benzene rings is 2. The lowest BCUT2D eigenvalue weighted by Gasteiger charge is -2.21. The molecule has 0 saturated carbocycles. The maximum atomic E-state index is 12.7. The van der Waals surface area contributed by atoms with Gasteiger partial charge < -0.3 is 19.1 Å². The molecule has 1 fully saturated rings. The number of amides is 1. The molecule has 0 radical (unpaired) electrons. The number of carbonyl (C=O) groups excluding carboxylic acids is 1. The van der Waals surface area contributed by atoms with Gasteiger partial charge in [-0.2, -0.15) is 0 Å². The van der Waals surface area contributed by atoms with Crippen LogP contribution in [-0.4, -0.2) is 32.3 Å². The van der Waals surface area contributed by atoms with Gasteiger partial charge >= 0.3 is 0 Å². The first-order valence-corrected chi connectivity index (χ1v) is 8.06. The second kappa shape index (κ2) is 5.77. The number of halogens is 1. The number of anilines is 1. The molecular formula is C18H16ClNO4. The van der Waals surface area contributed by atoms with E-state index < -0.39 is 5.79 Å². The zero-order valence-electron chi connectivity index (χ0n) is 13.1. The van der Waals surface area contributed by atoms with Crippen molar-refractivity contribution in [3.8, 4) is 5.75 Å². The molecule has 0 unspecified atom stereocenters. The van der Waals surface area contributed by atoms with Crippen LogP contribution in [0.2, 0.25) is 5.02 Å². The van der Waals surface area contributed by atoms with E-state index in [1.807, 2.05) is 24.3 Å². The molecule has 2 aromatic rings. The molecule has 24 heavy (non-hydrogen) atoms. The number of rotatable bonds is 3. The Morgan fingerprint density at radius 2 is 2.00 bits per heavy atom. The fraction of sp³-hybridized carbons (Fsp3) is 0.278. The molecule has 1 amide bonds. The minimum atomic E-state index is -1.35. The van der Waals surface area contributed by atoms with Crippen LogP contribution in [0.3, 0.4) is 0 Å². The highest BCUT2D eigenvalue weighted by Gasteiger charge is 2.57. The Labute approximate surface area is 144 Å². The molecule has 124 valence electrons. The van der Waals surface area contributed by atoms with Crippen molar-refractivity contribution in [3.05, 3.63) is 59.1 Å². The smallest absolute Gasteiger partial charge is 0.292 e. The van der Waals surface area contributed by atoms with Crippen molar-refractivity contribution in [2.75, 3.05) is 25.2 Å². The van der Waals surface area contributed by atoms with Crippen LogP contribution >= 0.6 is 11.6 Å². The second-order valence-electron chi connectivity index (χ2n) is 5.81. The van der Waals surface area contributed by atoms with Crippen LogP contribution in [0.5, 0.6) is 5.75 Å². The number of likely N-dealkylation sites (N-methyl/N-ethyl adjacent to an activating group) is 1. The van der Waals surface area contributed by atoms with Gasteiger partial charge in [-0.25, -0.2) is 0 Å². The van der Waals surface area contributed by atoms with E-state index in [-0.39, 0.29) is 12.0 Å². The first-order chi connectivity index (χ1) is 11.6. The highest BCUT2D eigenvalue weighted by atomic mass is 35.5. The minimum absolute atomic E-state index is 0.210. The van der Waals surface area contributed by atoms with Crippen molar-refractivity contribution >= 4 is 23.2 Å². The third-order valence-corrected chi connectivity index (χ3v) is 4.51. The van der Waals surface area contributed by atoms with Crippen LogP contribution in [0.4, 0.5) is 5.69 Å². The Morgan fingerprint density at radius 3 is 2.79 bits per heavy atom. The number of fused-ring (bicyclic) bond motifs is 2. The predicted molar refractivity (Wildman–Crippen MR) is 89.3 cm³/mol. The summed E-state index contributed by atoms with van der Waals surface area (Å²) in [6.45, 7) is 0.587. The normalized spacial score (nSPS) is 25.3. The van der Waals surface area contributed by atoms with Crippen LogP contribution in [0.1, 0.15) is 5.56 Å². The summed E-state index contributed by atoms with van der Waals surface area (Å²) < 4.78 is 17.5. The highest BCUT2D eigenvalue weighted by molar-refractivity contribution is 6.30. The van der Waals surface area contributed by atoms with E-state index in [1.165, 1.54) is 0 Å². The van der Waals surface area contributed by atoms with Gasteiger partial charge in [-0.15, -0.1) is 0 Å². The van der Waals surface area contributed by atoms with E-state index >= 15 is 0 Å². The second-order valence-corrected chi connectivity index (χ2v) is 6.25. The number of para-hydroxylation sites is 1. The number of carbonyl (C=O) groups is 1. The maximum absolute atomic E-state index is 12.7. The Morgan fingerprint density at radius 1 is 1.25 bits per heavy atom. The minimum Gasteiger partial charge on any atom is -0.491 e. The summed E-state index contributed by atoms with van der Waals surface area (Å²) in [7, 11) is 1.72. The first-order valence-electron chi connectivity index (χ1n) is 7.68. The SMILES string of the molecule is CN1C(=O)[C@]2(OC[C@@H](COc3ccc(Cl)cc3)O2)c2ccccc21. The summed E-state index contributed by atoms with van der Waals surface area (Å²) in [5.41, 5.74) is 1.55. The standard InChI is InChI=1S/C18H16ClNO4/c1-20-16-5-3-2-4-15(16)18(17(20)21)23-11-14(24-18)10-22-13-8-6-12(19)7-9-13/h2-9,14H,10-11H2,1H3/t14-,18+/m1/s1. The molecule has 0 aromatic heterocycles. The van der Waals surface area contributed by atoms with E-state index in [1.54, 1.807) is 36.2 Å². The molecule has 2 aromatic carbocycles. The quantitative estimate of drug-likeness (QED) is 0.858. The van der Waals surface area contributed by atoms with Gasteiger partial charge in [0.1, 0.15) is 18.5 Å². The van der Waals surface area contributed by atoms with Gasteiger partial charge in [0.2, 0.25) is 0 Å². The Bertz CT molecular complexity index is 779. The third kappa shape index (κ3) is 2.36. The van der Waals surface area contributed by atoms with Gasteiger partial charge in [0, 0.05) is 17.6 Å². The van der Waals surface area contributed by atoms with Crippen LogP contribution in [0.25, 0.3) is 0 Å². The Balaban J connectivity index is 1.50. The maximum Gasteiger partial charge on any atom is 0.292 e. The van der Waals surface area contributed by atoms with Crippen molar-refractivity contribution in [2.45, 2.75) is 11.9 Å². The van der Waals surface area contributed by atoms with Gasteiger partial charge in [-0.05, 0) is 30.3 Å². The van der Waals surface area contributed by atoms with Gasteiger partial charge in [0.05, 0.1) is 12.3 Å². The molecule has 5 nitrogen and oxygen atoms in total. The third-order valence-electron chi connectivity index (χ3n) is 4.26. The zero-order chi connectivity index (χ0) is 16.7. The van der Waals surface area contributed by atoms with Crippen molar-refractivity contribution < 1.29 is 19.0 Å². The largest absolute Gasteiger partial charge is 0.491 e. The molecule has 2 aliphatic heterocycles. The molecule has 0 aliphatic carbocycles. The summed E-state index contributed by atoms with van der Waals surface area (Å²) in [6, 6.07) is 14.6. The number of hydrogen-bond donors (Lipinski definition) is 0. The van der Waals surface area contributed by atoms with Gasteiger partial charge in [-0.3, -0.25) is 4.79 Å². The fourth-order valence-corrected chi connectivity index (χ4v) is 3.18. The monoisotopic (exact) mass is 345 g/mol. The summed E-state index contributed by atoms with van der Waals surface area (Å²) >= 11 is 5.86. The number of ether oxygens (including phenoxy) is 3. The van der Waals surface area contributed by atoms with E-state index in [9.17, 15) is 4.79 Å². The molecule has 0 N–H and O–H groups in total. The van der Waals surface area contributed by atoms with Crippen molar-refractivity contribution in [2.24, 2.45) is 0 Å². The molecule has 0 bridgehead atoms. The van der Waals surface area contributed by atoms with E-state index in [2.05, 4.69) is 0 Å². The lowest BCUT2D eigenvalue weighted by Crippen LogP contribution is -2.40. The van der Waals surface area contributed by atoms with Crippen LogP contribution in [0.15, 0.2) is 48.5 Å². The number of hydrogen-bond acceptors (Lipinski definition) is 4. The van der Waals surface area contributed by atoms with Gasteiger partial charge in [0.25, 0.3) is 11.7 Å². The van der Waals surface area contributed by atoms with E-state index in [4.69, 9.17) is 25.8 Å². The summed E-state index contributed by atoms with van der Waals surface area (Å²) in [4.78, 5) is 14.2. The molecule has 2 heterocycles. The Kier molecular flexibility index (Phi) is 3.72. The molecule has 1 spiro atoms. The lowest BCUT2D eigenvalue weighted by atomic mass is 10.1. The summed E-state index contributed by atoms with van der Waals surface area (Å²) in [6.07, 6.45) is -0.329. The average molecular weight is 346 g/mol. The molecule has 2 aliphatic rings. The topological polar surface area (TPSA) is 48.0 Å². The average Bonchev–Trinajstić information content (AvgIpc) is 3.12. The van der Waals surface area contributed by atoms with Crippen LogP contribution in [-0.2, 0) is 20.1 Å². The van der Waals surface area contributed by atoms with Crippen LogP contribution in [0, 0.1) is 0 Å².